The highest BCUT2D eigenvalue weighted by Gasteiger charge is 2.21. The van der Waals surface area contributed by atoms with E-state index in [1.165, 1.54) is 7.11 Å². The van der Waals surface area contributed by atoms with Gasteiger partial charge in [-0.25, -0.2) is 4.79 Å². The summed E-state index contributed by atoms with van der Waals surface area (Å²) in [7, 11) is 1.30. The number of ether oxygens (including phenoxy) is 1. The number of amides is 2. The number of aryl methyl sites for hydroxylation is 1. The Labute approximate surface area is 176 Å². The van der Waals surface area contributed by atoms with Crippen LogP contribution in [0.4, 0.5) is 4.79 Å². The number of aliphatic imine (C=N–C) groups is 1. The molecule has 0 aromatic heterocycles. The summed E-state index contributed by atoms with van der Waals surface area (Å²) in [5.74, 6) is -0.186. The lowest BCUT2D eigenvalue weighted by Crippen LogP contribution is -2.31. The van der Waals surface area contributed by atoms with Crippen molar-refractivity contribution >= 4 is 17.7 Å². The SMILES string of the molecule is COC(=O)/N=C(/C[C@H](NC(=O)c1ccccc1)c1ccccc1C)c1ccccc1. The van der Waals surface area contributed by atoms with Gasteiger partial charge in [0.1, 0.15) is 0 Å². The van der Waals surface area contributed by atoms with Crippen LogP contribution in [-0.2, 0) is 4.74 Å². The van der Waals surface area contributed by atoms with Crippen LogP contribution in [0, 0.1) is 6.92 Å². The minimum atomic E-state index is -0.674. The van der Waals surface area contributed by atoms with Gasteiger partial charge in [0.15, 0.2) is 0 Å². The Morgan fingerprint density at radius 1 is 0.867 bits per heavy atom. The molecule has 0 saturated heterocycles. The number of hydrogen-bond acceptors (Lipinski definition) is 3. The predicted octanol–water partition coefficient (Wildman–Crippen LogP) is 5.11. The first-order valence-electron chi connectivity index (χ1n) is 9.71. The van der Waals surface area contributed by atoms with E-state index in [-0.39, 0.29) is 11.9 Å². The van der Waals surface area contributed by atoms with E-state index in [2.05, 4.69) is 10.3 Å². The number of methoxy groups -OCH3 is 1. The predicted molar refractivity (Wildman–Crippen MR) is 118 cm³/mol. The van der Waals surface area contributed by atoms with Gasteiger partial charge in [-0.2, -0.15) is 4.99 Å². The van der Waals surface area contributed by atoms with Crippen molar-refractivity contribution in [2.24, 2.45) is 4.99 Å². The largest absolute Gasteiger partial charge is 0.451 e. The first kappa shape index (κ1) is 21.0. The van der Waals surface area contributed by atoms with Gasteiger partial charge in [-0.1, -0.05) is 72.8 Å². The highest BCUT2D eigenvalue weighted by Crippen LogP contribution is 2.24. The molecule has 0 radical (unpaired) electrons. The van der Waals surface area contributed by atoms with Gasteiger partial charge in [-0.3, -0.25) is 4.79 Å². The molecule has 3 aromatic rings. The number of carbonyl (C=O) groups is 2. The van der Waals surface area contributed by atoms with Crippen molar-refractivity contribution in [3.05, 3.63) is 107 Å². The van der Waals surface area contributed by atoms with Crippen molar-refractivity contribution in [1.29, 1.82) is 0 Å². The average molecular weight is 400 g/mol. The molecule has 5 nitrogen and oxygen atoms in total. The van der Waals surface area contributed by atoms with Gasteiger partial charge in [-0.15, -0.1) is 0 Å². The normalized spacial score (nSPS) is 12.1. The zero-order valence-electron chi connectivity index (χ0n) is 17.0. The first-order chi connectivity index (χ1) is 14.6. The molecule has 1 N–H and O–H groups in total. The molecule has 152 valence electrons. The highest BCUT2D eigenvalue weighted by atomic mass is 16.5. The Morgan fingerprint density at radius 3 is 2.03 bits per heavy atom. The summed E-state index contributed by atoms with van der Waals surface area (Å²) < 4.78 is 4.75. The van der Waals surface area contributed by atoms with Crippen LogP contribution in [0.15, 0.2) is 89.9 Å². The van der Waals surface area contributed by atoms with Crippen LogP contribution >= 0.6 is 0 Å². The third kappa shape index (κ3) is 5.41. The number of rotatable bonds is 6. The molecular weight excluding hydrogens is 376 g/mol. The molecule has 0 aliphatic heterocycles. The summed E-state index contributed by atoms with van der Waals surface area (Å²) in [4.78, 5) is 29.0. The third-order valence-electron chi connectivity index (χ3n) is 4.81. The van der Waals surface area contributed by atoms with Gasteiger partial charge in [0.2, 0.25) is 0 Å². The standard InChI is InChI=1S/C25H24N2O3/c1-18-11-9-10-16-21(18)23(26-24(28)20-14-7-4-8-15-20)17-22(27-25(29)30-2)19-12-5-3-6-13-19/h3-16,23H,17H2,1-2H3,(H,26,28)/b27-22-/t23-/m0/s1. The van der Waals surface area contributed by atoms with Crippen LogP contribution in [0.2, 0.25) is 0 Å². The minimum absolute atomic E-state index is 0.186. The van der Waals surface area contributed by atoms with E-state index in [1.54, 1.807) is 12.1 Å². The molecule has 5 heteroatoms. The molecule has 0 spiro atoms. The van der Waals surface area contributed by atoms with Gasteiger partial charge < -0.3 is 10.1 Å². The monoisotopic (exact) mass is 400 g/mol. The Kier molecular flexibility index (Phi) is 7.11. The summed E-state index contributed by atoms with van der Waals surface area (Å²) >= 11 is 0. The molecular formula is C25H24N2O3. The molecule has 0 bridgehead atoms. The van der Waals surface area contributed by atoms with E-state index in [4.69, 9.17) is 4.74 Å². The number of benzene rings is 3. The molecule has 0 fully saturated rings. The average Bonchev–Trinajstić information content (AvgIpc) is 2.79. The van der Waals surface area contributed by atoms with Crippen molar-refractivity contribution in [3.63, 3.8) is 0 Å². The number of nitrogens with zero attached hydrogens (tertiary/aromatic N) is 1. The fourth-order valence-corrected chi connectivity index (χ4v) is 3.26. The maximum atomic E-state index is 12.9. The molecule has 3 aromatic carbocycles. The Balaban J connectivity index is 1.98. The van der Waals surface area contributed by atoms with E-state index in [1.807, 2.05) is 79.7 Å². The molecule has 0 aliphatic rings. The van der Waals surface area contributed by atoms with Crippen molar-refractivity contribution in [2.75, 3.05) is 7.11 Å². The van der Waals surface area contributed by atoms with Gasteiger partial charge >= 0.3 is 6.09 Å². The van der Waals surface area contributed by atoms with Gasteiger partial charge in [-0.05, 0) is 35.7 Å². The zero-order valence-corrected chi connectivity index (χ0v) is 17.0. The lowest BCUT2D eigenvalue weighted by molar-refractivity contribution is 0.0937. The number of carbonyl (C=O) groups excluding carboxylic acids is 2. The molecule has 0 aliphatic carbocycles. The van der Waals surface area contributed by atoms with E-state index in [0.717, 1.165) is 16.7 Å². The van der Waals surface area contributed by atoms with Crippen molar-refractivity contribution < 1.29 is 14.3 Å². The van der Waals surface area contributed by atoms with E-state index >= 15 is 0 Å². The van der Waals surface area contributed by atoms with Gasteiger partial charge in [0.25, 0.3) is 5.91 Å². The number of nitrogens with one attached hydrogen (secondary N) is 1. The van der Waals surface area contributed by atoms with Crippen LogP contribution in [0.25, 0.3) is 0 Å². The molecule has 2 amide bonds. The summed E-state index contributed by atoms with van der Waals surface area (Å²) in [6, 6.07) is 26.0. The second kappa shape index (κ2) is 10.2. The Bertz CT molecular complexity index is 1030. The Hall–Kier alpha value is -3.73. The minimum Gasteiger partial charge on any atom is -0.451 e. The highest BCUT2D eigenvalue weighted by molar-refractivity contribution is 6.06. The summed E-state index contributed by atoms with van der Waals surface area (Å²) in [6.45, 7) is 2.00. The molecule has 30 heavy (non-hydrogen) atoms. The van der Waals surface area contributed by atoms with Gasteiger partial charge in [0, 0.05) is 12.0 Å². The summed E-state index contributed by atoms with van der Waals surface area (Å²) in [5.41, 5.74) is 3.93. The van der Waals surface area contributed by atoms with Crippen LogP contribution in [0.3, 0.4) is 0 Å². The topological polar surface area (TPSA) is 67.8 Å². The number of hydrogen-bond donors (Lipinski definition) is 1. The zero-order chi connectivity index (χ0) is 21.3. The van der Waals surface area contributed by atoms with E-state index in [9.17, 15) is 9.59 Å². The molecule has 1 atom stereocenters. The van der Waals surface area contributed by atoms with Crippen LogP contribution in [0.1, 0.15) is 39.5 Å². The smallest absolute Gasteiger partial charge is 0.433 e. The van der Waals surface area contributed by atoms with Crippen molar-refractivity contribution in [1.82, 2.24) is 5.32 Å². The van der Waals surface area contributed by atoms with Crippen LogP contribution in [-0.4, -0.2) is 24.8 Å². The molecule has 0 saturated carbocycles. The molecule has 3 rings (SSSR count). The lowest BCUT2D eigenvalue weighted by atomic mass is 9.94. The lowest BCUT2D eigenvalue weighted by Gasteiger charge is -2.22. The summed E-state index contributed by atoms with van der Waals surface area (Å²) in [5, 5.41) is 3.11. The second-order valence-electron chi connectivity index (χ2n) is 6.85. The van der Waals surface area contributed by atoms with Crippen molar-refractivity contribution in [3.8, 4) is 0 Å². The van der Waals surface area contributed by atoms with E-state index in [0.29, 0.717) is 17.7 Å². The molecule has 0 heterocycles. The van der Waals surface area contributed by atoms with Gasteiger partial charge in [0.05, 0.1) is 18.9 Å². The molecule has 0 unspecified atom stereocenters. The maximum Gasteiger partial charge on any atom is 0.433 e. The maximum absolute atomic E-state index is 12.9. The van der Waals surface area contributed by atoms with Crippen molar-refractivity contribution in [2.45, 2.75) is 19.4 Å². The quantitative estimate of drug-likeness (QED) is 0.585. The fraction of sp³-hybridized carbons (Fsp3) is 0.160. The third-order valence-corrected chi connectivity index (χ3v) is 4.81. The van der Waals surface area contributed by atoms with Crippen LogP contribution < -0.4 is 5.32 Å². The van der Waals surface area contributed by atoms with Crippen LogP contribution in [0.5, 0.6) is 0 Å². The summed E-state index contributed by atoms with van der Waals surface area (Å²) in [6.07, 6.45) is -0.338. The second-order valence-corrected chi connectivity index (χ2v) is 6.85. The van der Waals surface area contributed by atoms with E-state index < -0.39 is 6.09 Å². The Morgan fingerprint density at radius 2 is 1.43 bits per heavy atom. The fourth-order valence-electron chi connectivity index (χ4n) is 3.26. The first-order valence-corrected chi connectivity index (χ1v) is 9.71.